The van der Waals surface area contributed by atoms with Crippen LogP contribution >= 0.6 is 0 Å². The van der Waals surface area contributed by atoms with Crippen molar-refractivity contribution < 1.29 is 14.7 Å². The molecule has 37 heavy (non-hydrogen) atoms. The molecule has 0 saturated carbocycles. The number of hydrogen-bond donors (Lipinski definition) is 3. The van der Waals surface area contributed by atoms with Crippen LogP contribution in [0.3, 0.4) is 0 Å². The van der Waals surface area contributed by atoms with Crippen LogP contribution in [-0.2, 0) is 17.6 Å². The maximum absolute atomic E-state index is 12.8. The Balaban J connectivity index is 1.37. The molecule has 7 heteroatoms. The van der Waals surface area contributed by atoms with Crippen molar-refractivity contribution in [1.29, 1.82) is 0 Å². The van der Waals surface area contributed by atoms with Crippen molar-refractivity contribution in [2.24, 2.45) is 5.92 Å². The summed E-state index contributed by atoms with van der Waals surface area (Å²) in [6.07, 6.45) is 3.55. The summed E-state index contributed by atoms with van der Waals surface area (Å²) in [4.78, 5) is 30.2. The smallest absolute Gasteiger partial charge is 0.268 e. The molecule has 2 aromatic carbocycles. The molecule has 4 rings (SSSR count). The van der Waals surface area contributed by atoms with Crippen LogP contribution in [0.5, 0.6) is 5.75 Å². The number of phenols is 1. The molecule has 0 radical (unpaired) electrons. The second kappa shape index (κ2) is 12.2. The fourth-order valence-corrected chi connectivity index (χ4v) is 4.50. The summed E-state index contributed by atoms with van der Waals surface area (Å²) in [6, 6.07) is 22.6. The number of pyridine rings is 1. The van der Waals surface area contributed by atoms with Gasteiger partial charge in [-0.3, -0.25) is 14.0 Å². The number of carbonyl (C=O) groups is 2. The van der Waals surface area contributed by atoms with Crippen molar-refractivity contribution in [2.45, 2.75) is 39.0 Å². The lowest BCUT2D eigenvalue weighted by atomic mass is 9.90. The highest BCUT2D eigenvalue weighted by Crippen LogP contribution is 2.25. The summed E-state index contributed by atoms with van der Waals surface area (Å²) in [7, 11) is 0. The molecular formula is C30H34N4O3. The molecule has 0 aliphatic rings. The summed E-state index contributed by atoms with van der Waals surface area (Å²) < 4.78 is 1.73. The van der Waals surface area contributed by atoms with Gasteiger partial charge in [-0.05, 0) is 54.2 Å². The van der Waals surface area contributed by atoms with Gasteiger partial charge in [0.1, 0.15) is 17.1 Å². The summed E-state index contributed by atoms with van der Waals surface area (Å²) in [6.45, 7) is 5.34. The molecule has 0 aliphatic carbocycles. The van der Waals surface area contributed by atoms with E-state index in [1.54, 1.807) is 34.9 Å². The first kappa shape index (κ1) is 25.9. The average molecular weight is 499 g/mol. The molecule has 2 heterocycles. The van der Waals surface area contributed by atoms with E-state index in [9.17, 15) is 14.7 Å². The zero-order valence-corrected chi connectivity index (χ0v) is 21.4. The maximum atomic E-state index is 12.8. The number of phenolic OH excluding ortho intramolecular Hbond substituents is 1. The normalized spacial score (nSPS) is 12.0. The molecule has 0 spiro atoms. The number of imidazole rings is 1. The van der Waals surface area contributed by atoms with E-state index in [0.717, 1.165) is 24.0 Å². The van der Waals surface area contributed by atoms with Crippen molar-refractivity contribution in [3.63, 3.8) is 0 Å². The minimum absolute atomic E-state index is 0.121. The Morgan fingerprint density at radius 2 is 1.70 bits per heavy atom. The predicted octanol–water partition coefficient (Wildman–Crippen LogP) is 4.50. The molecule has 0 bridgehead atoms. The Morgan fingerprint density at radius 1 is 0.946 bits per heavy atom. The molecule has 2 amide bonds. The van der Waals surface area contributed by atoms with Crippen LogP contribution in [-0.4, -0.2) is 39.4 Å². The number of carbonyl (C=O) groups excluding carboxylic acids is 2. The molecule has 192 valence electrons. The first-order valence-corrected chi connectivity index (χ1v) is 12.7. The number of hydrogen-bond acceptors (Lipinski definition) is 4. The fraction of sp³-hybridized carbons (Fsp3) is 0.300. The number of nitrogens with one attached hydrogen (secondary N) is 2. The van der Waals surface area contributed by atoms with E-state index in [1.807, 2.05) is 48.5 Å². The van der Waals surface area contributed by atoms with Crippen LogP contribution < -0.4 is 10.6 Å². The van der Waals surface area contributed by atoms with Crippen molar-refractivity contribution in [3.8, 4) is 5.75 Å². The number of aromatic nitrogens is 2. The second-order valence-electron chi connectivity index (χ2n) is 9.76. The van der Waals surface area contributed by atoms with Gasteiger partial charge in [0.15, 0.2) is 0 Å². The minimum atomic E-state index is -0.180. The zero-order chi connectivity index (χ0) is 26.2. The Bertz CT molecular complexity index is 1330. The SMILES string of the molecule is CC(C)CC(CNC(=O)Cc1cn2c(C(=O)NCCc3ccccc3)cccc2n1)c1ccc(O)cc1. The topological polar surface area (TPSA) is 95.7 Å². The molecule has 0 saturated heterocycles. The summed E-state index contributed by atoms with van der Waals surface area (Å²) in [5.74, 6) is 0.542. The molecule has 2 aromatic heterocycles. The summed E-state index contributed by atoms with van der Waals surface area (Å²) in [5.41, 5.74) is 3.96. The molecule has 7 nitrogen and oxygen atoms in total. The van der Waals surface area contributed by atoms with Crippen LogP contribution in [0.1, 0.15) is 53.5 Å². The summed E-state index contributed by atoms with van der Waals surface area (Å²) in [5, 5.41) is 15.6. The quantitative estimate of drug-likeness (QED) is 0.284. The van der Waals surface area contributed by atoms with Crippen LogP contribution in [0.25, 0.3) is 5.65 Å². The van der Waals surface area contributed by atoms with E-state index >= 15 is 0 Å². The lowest BCUT2D eigenvalue weighted by Gasteiger charge is -2.20. The van der Waals surface area contributed by atoms with Gasteiger partial charge in [0, 0.05) is 25.2 Å². The van der Waals surface area contributed by atoms with Gasteiger partial charge >= 0.3 is 0 Å². The maximum Gasteiger partial charge on any atom is 0.268 e. The largest absolute Gasteiger partial charge is 0.508 e. The van der Waals surface area contributed by atoms with Gasteiger partial charge in [-0.1, -0.05) is 62.4 Å². The third kappa shape index (κ3) is 7.19. The van der Waals surface area contributed by atoms with Gasteiger partial charge in [-0.15, -0.1) is 0 Å². The van der Waals surface area contributed by atoms with Crippen LogP contribution in [0.15, 0.2) is 79.0 Å². The third-order valence-electron chi connectivity index (χ3n) is 6.32. The Labute approximate surface area is 217 Å². The monoisotopic (exact) mass is 498 g/mol. The second-order valence-corrected chi connectivity index (χ2v) is 9.76. The number of nitrogens with zero attached hydrogens (tertiary/aromatic N) is 2. The van der Waals surface area contributed by atoms with Gasteiger partial charge in [0.2, 0.25) is 5.91 Å². The van der Waals surface area contributed by atoms with Gasteiger partial charge in [-0.25, -0.2) is 4.98 Å². The van der Waals surface area contributed by atoms with Crippen molar-refractivity contribution >= 4 is 17.5 Å². The Hall–Kier alpha value is -4.13. The average Bonchev–Trinajstić information content (AvgIpc) is 3.30. The van der Waals surface area contributed by atoms with Crippen molar-refractivity contribution in [1.82, 2.24) is 20.0 Å². The van der Waals surface area contributed by atoms with E-state index in [4.69, 9.17) is 0 Å². The molecule has 4 aromatic rings. The number of aromatic hydroxyl groups is 1. The molecular weight excluding hydrogens is 464 g/mol. The predicted molar refractivity (Wildman–Crippen MR) is 145 cm³/mol. The molecule has 1 unspecified atom stereocenters. The van der Waals surface area contributed by atoms with Gasteiger partial charge in [0.05, 0.1) is 12.1 Å². The molecule has 3 N–H and O–H groups in total. The molecule has 0 fully saturated rings. The highest BCUT2D eigenvalue weighted by molar-refractivity contribution is 5.93. The zero-order valence-electron chi connectivity index (χ0n) is 21.4. The van der Waals surface area contributed by atoms with Gasteiger partial charge < -0.3 is 15.7 Å². The minimum Gasteiger partial charge on any atom is -0.508 e. The molecule has 0 aliphatic heterocycles. The highest BCUT2D eigenvalue weighted by Gasteiger charge is 2.17. The third-order valence-corrected chi connectivity index (χ3v) is 6.32. The lowest BCUT2D eigenvalue weighted by Crippen LogP contribution is -2.30. The van der Waals surface area contributed by atoms with E-state index in [2.05, 4.69) is 29.5 Å². The van der Waals surface area contributed by atoms with Gasteiger partial charge in [0.25, 0.3) is 5.91 Å². The van der Waals surface area contributed by atoms with Crippen molar-refractivity contribution in [3.05, 3.63) is 102 Å². The number of fused-ring (bicyclic) bond motifs is 1. The number of amides is 2. The van der Waals surface area contributed by atoms with E-state index in [1.165, 1.54) is 0 Å². The first-order valence-electron chi connectivity index (χ1n) is 12.7. The number of benzene rings is 2. The van der Waals surface area contributed by atoms with E-state index in [0.29, 0.717) is 36.0 Å². The van der Waals surface area contributed by atoms with Crippen molar-refractivity contribution in [2.75, 3.05) is 13.1 Å². The highest BCUT2D eigenvalue weighted by atomic mass is 16.3. The van der Waals surface area contributed by atoms with E-state index in [-0.39, 0.29) is 29.9 Å². The number of rotatable bonds is 11. The first-order chi connectivity index (χ1) is 17.9. The molecule has 1 atom stereocenters. The fourth-order valence-electron chi connectivity index (χ4n) is 4.50. The standard InChI is InChI=1S/C30H34N4O3/c1-21(2)17-24(23-11-13-26(35)14-12-23)19-32-29(36)18-25-20-34-27(9-6-10-28(34)33-25)30(37)31-16-15-22-7-4-3-5-8-22/h3-14,20-21,24,35H,15-19H2,1-2H3,(H,31,37)(H,32,36). The van der Waals surface area contributed by atoms with E-state index < -0.39 is 0 Å². The summed E-state index contributed by atoms with van der Waals surface area (Å²) >= 11 is 0. The van der Waals surface area contributed by atoms with Gasteiger partial charge in [-0.2, -0.15) is 0 Å². The van der Waals surface area contributed by atoms with Crippen LogP contribution in [0, 0.1) is 5.92 Å². The Morgan fingerprint density at radius 3 is 2.43 bits per heavy atom. The van der Waals surface area contributed by atoms with Crippen LogP contribution in [0.4, 0.5) is 0 Å². The lowest BCUT2D eigenvalue weighted by molar-refractivity contribution is -0.120. The van der Waals surface area contributed by atoms with Crippen LogP contribution in [0.2, 0.25) is 0 Å². The Kier molecular flexibility index (Phi) is 8.56.